The molecule has 0 aliphatic carbocycles. The second kappa shape index (κ2) is 5.66. The molecule has 0 amide bonds. The van der Waals surface area contributed by atoms with Gasteiger partial charge in [0.1, 0.15) is 5.75 Å². The highest BCUT2D eigenvalue weighted by atomic mass is 16.6. The van der Waals surface area contributed by atoms with Gasteiger partial charge in [-0.15, -0.1) is 12.3 Å². The van der Waals surface area contributed by atoms with Crippen LogP contribution >= 0.6 is 0 Å². The number of carbonyl (C=O) groups excluding carboxylic acids is 1. The Balaban J connectivity index is 2.76. The van der Waals surface area contributed by atoms with Crippen molar-refractivity contribution in [1.82, 2.24) is 0 Å². The molecule has 1 aromatic rings. The van der Waals surface area contributed by atoms with Crippen molar-refractivity contribution in [3.8, 4) is 18.1 Å². The number of ether oxygens (including phenoxy) is 1. The van der Waals surface area contributed by atoms with E-state index in [1.807, 2.05) is 0 Å². The second-order valence-corrected chi connectivity index (χ2v) is 3.39. The average molecular weight is 233 g/mol. The van der Waals surface area contributed by atoms with Crippen molar-refractivity contribution in [1.29, 1.82) is 0 Å². The molecule has 0 heterocycles. The SMILES string of the molecule is C#CCCC(=O)Oc1ccc([N+](=O)[O-])cc1C. The normalized spacial score (nSPS) is 9.41. The van der Waals surface area contributed by atoms with E-state index in [0.717, 1.165) is 0 Å². The highest BCUT2D eigenvalue weighted by molar-refractivity contribution is 5.73. The maximum Gasteiger partial charge on any atom is 0.312 e. The Morgan fingerprint density at radius 3 is 2.82 bits per heavy atom. The van der Waals surface area contributed by atoms with Crippen LogP contribution < -0.4 is 4.74 Å². The zero-order valence-electron chi connectivity index (χ0n) is 9.30. The van der Waals surface area contributed by atoms with Gasteiger partial charge in [0.15, 0.2) is 0 Å². The molecule has 17 heavy (non-hydrogen) atoms. The van der Waals surface area contributed by atoms with Gasteiger partial charge in [0.2, 0.25) is 0 Å². The Kier molecular flexibility index (Phi) is 4.23. The number of hydrogen-bond donors (Lipinski definition) is 0. The summed E-state index contributed by atoms with van der Waals surface area (Å²) in [4.78, 5) is 21.3. The summed E-state index contributed by atoms with van der Waals surface area (Å²) in [5.74, 6) is 2.21. The van der Waals surface area contributed by atoms with Crippen LogP contribution in [0.25, 0.3) is 0 Å². The summed E-state index contributed by atoms with van der Waals surface area (Å²) in [5, 5.41) is 10.5. The number of nitro groups is 1. The van der Waals surface area contributed by atoms with Gasteiger partial charge in [-0.1, -0.05) is 0 Å². The standard InChI is InChI=1S/C12H11NO4/c1-3-4-5-12(14)17-11-7-6-10(13(15)16)8-9(11)2/h1,6-8H,4-5H2,2H3. The van der Waals surface area contributed by atoms with Crippen LogP contribution in [0.15, 0.2) is 18.2 Å². The second-order valence-electron chi connectivity index (χ2n) is 3.39. The Labute approximate surface area is 98.5 Å². The zero-order chi connectivity index (χ0) is 12.8. The first kappa shape index (κ1) is 12.7. The molecule has 0 atom stereocenters. The summed E-state index contributed by atoms with van der Waals surface area (Å²) >= 11 is 0. The predicted molar refractivity (Wildman–Crippen MR) is 61.5 cm³/mol. The minimum absolute atomic E-state index is 0.0362. The maximum atomic E-state index is 11.3. The highest BCUT2D eigenvalue weighted by Crippen LogP contribution is 2.23. The lowest BCUT2D eigenvalue weighted by atomic mass is 10.2. The number of non-ortho nitro benzene ring substituents is 1. The van der Waals surface area contributed by atoms with Gasteiger partial charge < -0.3 is 4.74 Å². The van der Waals surface area contributed by atoms with E-state index >= 15 is 0 Å². The number of aryl methyl sites for hydroxylation is 1. The summed E-state index contributed by atoms with van der Waals surface area (Å²) < 4.78 is 5.02. The largest absolute Gasteiger partial charge is 0.426 e. The van der Waals surface area contributed by atoms with Crippen LogP contribution in [0.1, 0.15) is 18.4 Å². The first-order valence-electron chi connectivity index (χ1n) is 4.93. The van der Waals surface area contributed by atoms with E-state index in [1.165, 1.54) is 18.2 Å². The lowest BCUT2D eigenvalue weighted by molar-refractivity contribution is -0.384. The molecule has 1 aromatic carbocycles. The van der Waals surface area contributed by atoms with Crippen molar-refractivity contribution in [3.05, 3.63) is 33.9 Å². The Morgan fingerprint density at radius 1 is 1.59 bits per heavy atom. The van der Waals surface area contributed by atoms with Crippen LogP contribution in [-0.4, -0.2) is 10.9 Å². The van der Waals surface area contributed by atoms with E-state index in [-0.39, 0.29) is 12.1 Å². The molecule has 0 radical (unpaired) electrons. The van der Waals surface area contributed by atoms with Crippen molar-refractivity contribution < 1.29 is 14.5 Å². The molecule has 0 saturated heterocycles. The number of rotatable bonds is 4. The first-order chi connectivity index (χ1) is 8.04. The minimum Gasteiger partial charge on any atom is -0.426 e. The Hall–Kier alpha value is -2.35. The van der Waals surface area contributed by atoms with E-state index in [0.29, 0.717) is 17.7 Å². The van der Waals surface area contributed by atoms with Gasteiger partial charge in [0.25, 0.3) is 5.69 Å². The molecule has 0 aliphatic heterocycles. The van der Waals surface area contributed by atoms with Gasteiger partial charge in [-0.05, 0) is 18.6 Å². The van der Waals surface area contributed by atoms with E-state index < -0.39 is 10.9 Å². The molecule has 1 rings (SSSR count). The van der Waals surface area contributed by atoms with E-state index in [1.54, 1.807) is 6.92 Å². The molecule has 5 nitrogen and oxygen atoms in total. The molecular formula is C12H11NO4. The smallest absolute Gasteiger partial charge is 0.312 e. The Bertz CT molecular complexity index is 488. The highest BCUT2D eigenvalue weighted by Gasteiger charge is 2.11. The summed E-state index contributed by atoms with van der Waals surface area (Å²) in [6.07, 6.45) is 5.46. The van der Waals surface area contributed by atoms with Crippen LogP contribution in [0.5, 0.6) is 5.75 Å². The van der Waals surface area contributed by atoms with Gasteiger partial charge in [-0.25, -0.2) is 0 Å². The number of esters is 1. The van der Waals surface area contributed by atoms with Gasteiger partial charge in [0.05, 0.1) is 11.3 Å². The summed E-state index contributed by atoms with van der Waals surface area (Å²) in [7, 11) is 0. The molecule has 0 saturated carbocycles. The number of hydrogen-bond acceptors (Lipinski definition) is 4. The monoisotopic (exact) mass is 233 g/mol. The first-order valence-corrected chi connectivity index (χ1v) is 4.93. The van der Waals surface area contributed by atoms with Gasteiger partial charge in [-0.2, -0.15) is 0 Å². The van der Waals surface area contributed by atoms with Gasteiger partial charge >= 0.3 is 5.97 Å². The summed E-state index contributed by atoms with van der Waals surface area (Å²) in [6.45, 7) is 1.64. The van der Waals surface area contributed by atoms with Crippen LogP contribution in [0.2, 0.25) is 0 Å². The fourth-order valence-corrected chi connectivity index (χ4v) is 1.21. The number of benzene rings is 1. The molecule has 0 fully saturated rings. The summed E-state index contributed by atoms with van der Waals surface area (Å²) in [5.41, 5.74) is 0.499. The molecular weight excluding hydrogens is 222 g/mol. The third kappa shape index (κ3) is 3.61. The van der Waals surface area contributed by atoms with E-state index in [2.05, 4.69) is 5.92 Å². The number of nitro benzene ring substituents is 1. The number of terminal acetylenes is 1. The molecule has 0 unspecified atom stereocenters. The number of nitrogens with zero attached hydrogens (tertiary/aromatic N) is 1. The van der Waals surface area contributed by atoms with Gasteiger partial charge in [0, 0.05) is 18.6 Å². The van der Waals surface area contributed by atoms with Crippen LogP contribution in [0, 0.1) is 29.4 Å². The fraction of sp³-hybridized carbons (Fsp3) is 0.250. The van der Waals surface area contributed by atoms with Crippen molar-refractivity contribution in [2.24, 2.45) is 0 Å². The molecule has 0 aliphatic rings. The molecule has 0 aromatic heterocycles. The van der Waals surface area contributed by atoms with E-state index in [9.17, 15) is 14.9 Å². The zero-order valence-corrected chi connectivity index (χ0v) is 9.30. The third-order valence-corrected chi connectivity index (χ3v) is 2.07. The van der Waals surface area contributed by atoms with Crippen LogP contribution in [0.3, 0.4) is 0 Å². The minimum atomic E-state index is -0.503. The van der Waals surface area contributed by atoms with Crippen molar-refractivity contribution in [3.63, 3.8) is 0 Å². The lowest BCUT2D eigenvalue weighted by Gasteiger charge is -2.05. The van der Waals surface area contributed by atoms with Crippen molar-refractivity contribution >= 4 is 11.7 Å². The molecule has 0 bridgehead atoms. The summed E-state index contributed by atoms with van der Waals surface area (Å²) in [6, 6.07) is 4.04. The van der Waals surface area contributed by atoms with Crippen LogP contribution in [-0.2, 0) is 4.79 Å². The third-order valence-electron chi connectivity index (χ3n) is 2.07. The van der Waals surface area contributed by atoms with Crippen molar-refractivity contribution in [2.45, 2.75) is 19.8 Å². The number of carbonyl (C=O) groups is 1. The van der Waals surface area contributed by atoms with Gasteiger partial charge in [-0.3, -0.25) is 14.9 Å². The average Bonchev–Trinajstić information content (AvgIpc) is 2.28. The van der Waals surface area contributed by atoms with Crippen molar-refractivity contribution in [2.75, 3.05) is 0 Å². The Morgan fingerprint density at radius 2 is 2.29 bits per heavy atom. The lowest BCUT2D eigenvalue weighted by Crippen LogP contribution is -2.08. The molecule has 5 heteroatoms. The molecule has 0 spiro atoms. The molecule has 0 N–H and O–H groups in total. The molecule has 88 valence electrons. The fourth-order valence-electron chi connectivity index (χ4n) is 1.21. The quantitative estimate of drug-likeness (QED) is 0.263. The van der Waals surface area contributed by atoms with E-state index in [4.69, 9.17) is 11.2 Å². The maximum absolute atomic E-state index is 11.3. The van der Waals surface area contributed by atoms with Crippen LogP contribution in [0.4, 0.5) is 5.69 Å². The topological polar surface area (TPSA) is 69.4 Å². The predicted octanol–water partition coefficient (Wildman–Crippen LogP) is 2.22.